The molecule has 0 unspecified atom stereocenters. The molecule has 0 aliphatic heterocycles. The van der Waals surface area contributed by atoms with Crippen molar-refractivity contribution in [3.05, 3.63) is 39.1 Å². The van der Waals surface area contributed by atoms with Gasteiger partial charge in [0, 0.05) is 25.6 Å². The molecule has 0 bridgehead atoms. The second kappa shape index (κ2) is 5.47. The minimum absolute atomic E-state index is 0.128. The van der Waals surface area contributed by atoms with Crippen molar-refractivity contribution < 1.29 is 5.11 Å². The number of aliphatic hydroxyl groups excluding tert-OH is 1. The van der Waals surface area contributed by atoms with Crippen LogP contribution in [0.15, 0.2) is 16.7 Å². The summed E-state index contributed by atoms with van der Waals surface area (Å²) in [5, 5.41) is 9.13. The quantitative estimate of drug-likeness (QED) is 0.941. The van der Waals surface area contributed by atoms with Gasteiger partial charge in [0.2, 0.25) is 0 Å². The molecule has 0 fully saturated rings. The van der Waals surface area contributed by atoms with Crippen molar-refractivity contribution in [3.8, 4) is 11.4 Å². The summed E-state index contributed by atoms with van der Waals surface area (Å²) in [6, 6.07) is 4.35. The third-order valence-electron chi connectivity index (χ3n) is 3.41. The Hall–Kier alpha value is -1.13. The molecule has 0 saturated heterocycles. The highest BCUT2D eigenvalue weighted by atomic mass is 79.9. The van der Waals surface area contributed by atoms with Crippen LogP contribution in [-0.4, -0.2) is 21.3 Å². The second-order valence-electron chi connectivity index (χ2n) is 4.98. The number of rotatable bonds is 3. The summed E-state index contributed by atoms with van der Waals surface area (Å²) >= 11 is 3.49. The molecule has 2 aromatic rings. The van der Waals surface area contributed by atoms with Gasteiger partial charge in [0.1, 0.15) is 10.4 Å². The van der Waals surface area contributed by atoms with E-state index in [1.54, 1.807) is 0 Å². The summed E-state index contributed by atoms with van der Waals surface area (Å²) < 4.78 is 2.88. The number of nitrogens with zero attached hydrogens (tertiary/aromatic N) is 2. The number of aliphatic hydroxyl groups is 1. The van der Waals surface area contributed by atoms with Crippen LogP contribution in [0.25, 0.3) is 11.4 Å². The average molecular weight is 323 g/mol. The summed E-state index contributed by atoms with van der Waals surface area (Å²) in [5.74, 6) is 0.949. The van der Waals surface area contributed by atoms with Crippen LogP contribution in [0.3, 0.4) is 0 Å². The largest absolute Gasteiger partial charge is 0.396 e. The van der Waals surface area contributed by atoms with Gasteiger partial charge in [0.05, 0.1) is 5.69 Å². The third kappa shape index (κ3) is 2.60. The van der Waals surface area contributed by atoms with E-state index in [2.05, 4.69) is 58.4 Å². The smallest absolute Gasteiger partial charge is 0.141 e. The Morgan fingerprint density at radius 2 is 1.79 bits per heavy atom. The number of aryl methyl sites for hydroxylation is 3. The summed E-state index contributed by atoms with van der Waals surface area (Å²) in [4.78, 5) is 4.62. The lowest BCUT2D eigenvalue weighted by atomic mass is 9.99. The molecule has 0 aliphatic rings. The zero-order valence-corrected chi connectivity index (χ0v) is 13.4. The molecule has 0 radical (unpaired) electrons. The first kappa shape index (κ1) is 14.3. The van der Waals surface area contributed by atoms with E-state index in [4.69, 9.17) is 5.11 Å². The van der Waals surface area contributed by atoms with Crippen LogP contribution in [-0.2, 0) is 13.5 Å². The van der Waals surface area contributed by atoms with Gasteiger partial charge in [-0.3, -0.25) is 0 Å². The van der Waals surface area contributed by atoms with E-state index in [-0.39, 0.29) is 6.61 Å². The molecular formula is C15H19BrN2O. The van der Waals surface area contributed by atoms with E-state index >= 15 is 0 Å². The van der Waals surface area contributed by atoms with Crippen LogP contribution in [0.5, 0.6) is 0 Å². The molecule has 0 atom stereocenters. The van der Waals surface area contributed by atoms with Gasteiger partial charge >= 0.3 is 0 Å². The average Bonchev–Trinajstić information content (AvgIpc) is 2.56. The molecule has 3 nitrogen and oxygen atoms in total. The van der Waals surface area contributed by atoms with E-state index in [9.17, 15) is 0 Å². The fraction of sp³-hybridized carbons (Fsp3) is 0.400. The van der Waals surface area contributed by atoms with E-state index in [1.807, 2.05) is 7.05 Å². The zero-order valence-electron chi connectivity index (χ0n) is 11.8. The molecule has 1 N–H and O–H groups in total. The van der Waals surface area contributed by atoms with Crippen molar-refractivity contribution in [2.45, 2.75) is 27.2 Å². The second-order valence-corrected chi connectivity index (χ2v) is 5.73. The number of hydrogen-bond donors (Lipinski definition) is 1. The van der Waals surface area contributed by atoms with Crippen molar-refractivity contribution >= 4 is 15.9 Å². The van der Waals surface area contributed by atoms with Crippen LogP contribution in [0.1, 0.15) is 22.4 Å². The highest BCUT2D eigenvalue weighted by Gasteiger charge is 2.17. The predicted octanol–water partition coefficient (Wildman–Crippen LogP) is 3.31. The molecule has 0 aliphatic carbocycles. The number of aromatic nitrogens is 2. The lowest BCUT2D eigenvalue weighted by Crippen LogP contribution is -2.03. The molecule has 1 aromatic heterocycles. The Morgan fingerprint density at radius 1 is 1.21 bits per heavy atom. The Bertz CT molecular complexity index is 594. The molecule has 0 amide bonds. The maximum absolute atomic E-state index is 9.13. The maximum Gasteiger partial charge on any atom is 0.141 e. The van der Waals surface area contributed by atoms with Gasteiger partial charge in [-0.15, -0.1) is 0 Å². The Kier molecular flexibility index (Phi) is 4.11. The van der Waals surface area contributed by atoms with Crippen LogP contribution in [0.2, 0.25) is 0 Å². The monoisotopic (exact) mass is 322 g/mol. The SMILES string of the molecule is Cc1cc(C)c(-c2nc(Br)c(CCO)n2C)c(C)c1. The maximum atomic E-state index is 9.13. The Labute approximate surface area is 122 Å². The van der Waals surface area contributed by atoms with Gasteiger partial charge in [-0.1, -0.05) is 17.7 Å². The van der Waals surface area contributed by atoms with Crippen molar-refractivity contribution in [1.82, 2.24) is 9.55 Å². The minimum Gasteiger partial charge on any atom is -0.396 e. The molecule has 4 heteroatoms. The van der Waals surface area contributed by atoms with Crippen molar-refractivity contribution in [2.24, 2.45) is 7.05 Å². The van der Waals surface area contributed by atoms with E-state index < -0.39 is 0 Å². The molecule has 1 heterocycles. The normalized spacial score (nSPS) is 11.1. The van der Waals surface area contributed by atoms with Crippen LogP contribution >= 0.6 is 15.9 Å². The molecule has 2 rings (SSSR count). The van der Waals surface area contributed by atoms with E-state index in [1.165, 1.54) is 22.3 Å². The third-order valence-corrected chi connectivity index (χ3v) is 4.05. The number of halogens is 1. The fourth-order valence-electron chi connectivity index (χ4n) is 2.63. The number of imidazole rings is 1. The topological polar surface area (TPSA) is 38.1 Å². The summed E-state index contributed by atoms with van der Waals surface area (Å²) in [5.41, 5.74) is 5.93. The van der Waals surface area contributed by atoms with Crippen LogP contribution in [0, 0.1) is 20.8 Å². The van der Waals surface area contributed by atoms with Crippen molar-refractivity contribution in [3.63, 3.8) is 0 Å². The van der Waals surface area contributed by atoms with Gasteiger partial charge in [-0.25, -0.2) is 4.98 Å². The molecule has 0 spiro atoms. The van der Waals surface area contributed by atoms with Gasteiger partial charge in [-0.2, -0.15) is 0 Å². The number of hydrogen-bond acceptors (Lipinski definition) is 2. The Morgan fingerprint density at radius 3 is 2.32 bits per heavy atom. The molecule has 0 saturated carbocycles. The fourth-order valence-corrected chi connectivity index (χ4v) is 3.26. The number of benzene rings is 1. The standard InChI is InChI=1S/C15H19BrN2O/c1-9-7-10(2)13(11(3)8-9)15-17-14(16)12(5-6-19)18(15)4/h7-8,19H,5-6H2,1-4H3. The molecule has 19 heavy (non-hydrogen) atoms. The molecule has 102 valence electrons. The van der Waals surface area contributed by atoms with Gasteiger partial charge in [0.25, 0.3) is 0 Å². The Balaban J connectivity index is 2.63. The lowest BCUT2D eigenvalue weighted by Gasteiger charge is -2.12. The first-order valence-corrected chi connectivity index (χ1v) is 7.15. The van der Waals surface area contributed by atoms with Crippen LogP contribution < -0.4 is 0 Å². The van der Waals surface area contributed by atoms with Crippen molar-refractivity contribution in [2.75, 3.05) is 6.61 Å². The highest BCUT2D eigenvalue weighted by molar-refractivity contribution is 9.10. The van der Waals surface area contributed by atoms with E-state index in [0.29, 0.717) is 6.42 Å². The van der Waals surface area contributed by atoms with Gasteiger partial charge < -0.3 is 9.67 Å². The van der Waals surface area contributed by atoms with Gasteiger partial charge in [-0.05, 0) is 47.8 Å². The molecular weight excluding hydrogens is 304 g/mol. The lowest BCUT2D eigenvalue weighted by molar-refractivity contribution is 0.296. The minimum atomic E-state index is 0.128. The summed E-state index contributed by atoms with van der Waals surface area (Å²) in [7, 11) is 2.00. The first-order chi connectivity index (χ1) is 8.95. The van der Waals surface area contributed by atoms with Crippen LogP contribution in [0.4, 0.5) is 0 Å². The molecule has 1 aromatic carbocycles. The van der Waals surface area contributed by atoms with E-state index in [0.717, 1.165) is 16.1 Å². The first-order valence-electron chi connectivity index (χ1n) is 6.36. The predicted molar refractivity (Wildman–Crippen MR) is 81.3 cm³/mol. The zero-order chi connectivity index (χ0) is 14.2. The summed E-state index contributed by atoms with van der Waals surface area (Å²) in [6.07, 6.45) is 0.605. The van der Waals surface area contributed by atoms with Gasteiger partial charge in [0.15, 0.2) is 0 Å². The highest BCUT2D eigenvalue weighted by Crippen LogP contribution is 2.30. The van der Waals surface area contributed by atoms with Crippen molar-refractivity contribution in [1.29, 1.82) is 0 Å². The summed E-state index contributed by atoms with van der Waals surface area (Å²) in [6.45, 7) is 6.46.